The van der Waals surface area contributed by atoms with Gasteiger partial charge in [0.05, 0.1) is 18.7 Å². The summed E-state index contributed by atoms with van der Waals surface area (Å²) in [4.78, 5) is 16.7. The van der Waals surface area contributed by atoms with Crippen molar-refractivity contribution in [2.24, 2.45) is 10.7 Å². The van der Waals surface area contributed by atoms with Crippen molar-refractivity contribution in [3.05, 3.63) is 29.8 Å². The molecule has 20 heavy (non-hydrogen) atoms. The van der Waals surface area contributed by atoms with Gasteiger partial charge in [-0.05, 0) is 18.2 Å². The first-order chi connectivity index (χ1) is 8.88. The third kappa shape index (κ3) is 3.53. The molecule has 9 heteroatoms. The number of benzene rings is 1. The lowest BCUT2D eigenvalue weighted by Gasteiger charge is -2.16. The zero-order valence-electron chi connectivity index (χ0n) is 10.1. The van der Waals surface area contributed by atoms with Crippen molar-refractivity contribution in [2.45, 2.75) is 6.18 Å². The molecule has 0 aliphatic carbocycles. The summed E-state index contributed by atoms with van der Waals surface area (Å²) in [6.45, 7) is 0.707. The smallest absolute Gasteiger partial charge is 0.369 e. The van der Waals surface area contributed by atoms with Crippen molar-refractivity contribution in [1.29, 1.82) is 0 Å². The molecule has 0 radical (unpaired) electrons. The van der Waals surface area contributed by atoms with E-state index in [1.807, 2.05) is 0 Å². The molecule has 1 aromatic carbocycles. The van der Waals surface area contributed by atoms with E-state index >= 15 is 0 Å². The summed E-state index contributed by atoms with van der Waals surface area (Å²) in [6, 6.07) is 3.79. The number of halogens is 4. The molecule has 0 bridgehead atoms. The number of aliphatic imine (C=N–C) groups is 1. The predicted octanol–water partition coefficient (Wildman–Crippen LogP) is 2.29. The summed E-state index contributed by atoms with van der Waals surface area (Å²) < 4.78 is 37.5. The standard InChI is InChI=1S/C11H11F3N4O.ClH/c12-11(13,14)7-2-1-3-8(6-7)17-10(19)18-5-4-16-9(18)15;/h1-3,6H,4-5H2,(H2,15,16)(H,17,19);1H. The van der Waals surface area contributed by atoms with Crippen LogP contribution in [-0.2, 0) is 6.18 Å². The Bertz CT molecular complexity index is 533. The van der Waals surface area contributed by atoms with Gasteiger partial charge >= 0.3 is 12.2 Å². The van der Waals surface area contributed by atoms with Gasteiger partial charge in [-0.2, -0.15) is 13.2 Å². The van der Waals surface area contributed by atoms with Crippen LogP contribution in [0.1, 0.15) is 5.56 Å². The molecule has 0 aromatic heterocycles. The van der Waals surface area contributed by atoms with Crippen molar-refractivity contribution < 1.29 is 18.0 Å². The number of urea groups is 1. The van der Waals surface area contributed by atoms with Crippen LogP contribution in [0.2, 0.25) is 0 Å². The van der Waals surface area contributed by atoms with E-state index < -0.39 is 17.8 Å². The second-order valence-corrected chi connectivity index (χ2v) is 3.90. The number of guanidine groups is 1. The van der Waals surface area contributed by atoms with E-state index in [4.69, 9.17) is 5.73 Å². The second kappa shape index (κ2) is 6.00. The maximum absolute atomic E-state index is 12.5. The third-order valence-corrected chi connectivity index (χ3v) is 2.56. The summed E-state index contributed by atoms with van der Waals surface area (Å²) >= 11 is 0. The van der Waals surface area contributed by atoms with E-state index in [0.717, 1.165) is 12.1 Å². The fourth-order valence-electron chi connectivity index (χ4n) is 1.63. The Hall–Kier alpha value is -1.96. The fourth-order valence-corrected chi connectivity index (χ4v) is 1.63. The Kier molecular flexibility index (Phi) is 4.83. The number of carbonyl (C=O) groups excluding carboxylic acids is 1. The topological polar surface area (TPSA) is 70.7 Å². The number of nitrogens with two attached hydrogens (primary N) is 1. The van der Waals surface area contributed by atoms with Crippen LogP contribution in [-0.4, -0.2) is 30.0 Å². The first-order valence-corrected chi connectivity index (χ1v) is 5.43. The number of hydrogen-bond donors (Lipinski definition) is 2. The molecule has 1 heterocycles. The van der Waals surface area contributed by atoms with Crippen LogP contribution in [0.4, 0.5) is 23.7 Å². The summed E-state index contributed by atoms with van der Waals surface area (Å²) in [7, 11) is 0. The third-order valence-electron chi connectivity index (χ3n) is 2.56. The summed E-state index contributed by atoms with van der Waals surface area (Å²) in [5.74, 6) is 0.0597. The predicted molar refractivity (Wildman–Crippen MR) is 70.9 cm³/mol. The minimum atomic E-state index is -4.45. The molecule has 0 saturated carbocycles. The van der Waals surface area contributed by atoms with E-state index in [-0.39, 0.29) is 24.1 Å². The lowest BCUT2D eigenvalue weighted by Crippen LogP contribution is -2.41. The Morgan fingerprint density at radius 2 is 2.10 bits per heavy atom. The van der Waals surface area contributed by atoms with Gasteiger partial charge in [0, 0.05) is 5.69 Å². The van der Waals surface area contributed by atoms with Gasteiger partial charge in [-0.1, -0.05) is 6.07 Å². The molecular weight excluding hydrogens is 297 g/mol. The molecule has 5 nitrogen and oxygen atoms in total. The highest BCUT2D eigenvalue weighted by Crippen LogP contribution is 2.30. The van der Waals surface area contributed by atoms with Crippen molar-refractivity contribution in [3.63, 3.8) is 0 Å². The van der Waals surface area contributed by atoms with Gasteiger partial charge in [0.2, 0.25) is 0 Å². The molecule has 110 valence electrons. The first-order valence-electron chi connectivity index (χ1n) is 5.43. The Morgan fingerprint density at radius 1 is 1.40 bits per heavy atom. The Labute approximate surface area is 119 Å². The van der Waals surface area contributed by atoms with Crippen LogP contribution in [0, 0.1) is 0 Å². The molecule has 0 fully saturated rings. The van der Waals surface area contributed by atoms with Crippen LogP contribution in [0.3, 0.4) is 0 Å². The van der Waals surface area contributed by atoms with Crippen LogP contribution in [0.5, 0.6) is 0 Å². The Balaban J connectivity index is 0.00000200. The van der Waals surface area contributed by atoms with Crippen molar-refractivity contribution in [2.75, 3.05) is 18.4 Å². The largest absolute Gasteiger partial charge is 0.416 e. The maximum Gasteiger partial charge on any atom is 0.416 e. The van der Waals surface area contributed by atoms with Crippen LogP contribution >= 0.6 is 12.4 Å². The normalized spacial score (nSPS) is 14.6. The first kappa shape index (κ1) is 16.1. The van der Waals surface area contributed by atoms with Crippen LogP contribution < -0.4 is 11.1 Å². The van der Waals surface area contributed by atoms with E-state index in [1.165, 1.54) is 17.0 Å². The molecule has 1 aliphatic heterocycles. The summed E-state index contributed by atoms with van der Waals surface area (Å²) in [6.07, 6.45) is -4.45. The number of alkyl halides is 3. The Morgan fingerprint density at radius 3 is 2.65 bits per heavy atom. The van der Waals surface area contributed by atoms with Gasteiger partial charge in [0.15, 0.2) is 5.96 Å². The fraction of sp³-hybridized carbons (Fsp3) is 0.273. The lowest BCUT2D eigenvalue weighted by atomic mass is 10.2. The zero-order chi connectivity index (χ0) is 14.0. The molecule has 0 atom stereocenters. The van der Waals surface area contributed by atoms with Crippen LogP contribution in [0.15, 0.2) is 29.3 Å². The number of rotatable bonds is 1. The van der Waals surface area contributed by atoms with Gasteiger partial charge in [-0.15, -0.1) is 12.4 Å². The number of anilines is 1. The monoisotopic (exact) mass is 308 g/mol. The highest BCUT2D eigenvalue weighted by molar-refractivity contribution is 6.02. The highest BCUT2D eigenvalue weighted by Gasteiger charge is 2.30. The number of nitrogens with one attached hydrogen (secondary N) is 1. The lowest BCUT2D eigenvalue weighted by molar-refractivity contribution is -0.137. The minimum Gasteiger partial charge on any atom is -0.369 e. The van der Waals surface area contributed by atoms with E-state index in [1.54, 1.807) is 0 Å². The molecular formula is C11H12ClF3N4O. The summed E-state index contributed by atoms with van der Waals surface area (Å²) in [5.41, 5.74) is 4.70. The second-order valence-electron chi connectivity index (χ2n) is 3.90. The zero-order valence-corrected chi connectivity index (χ0v) is 11.0. The van der Waals surface area contributed by atoms with Crippen LogP contribution in [0.25, 0.3) is 0 Å². The number of hydrogen-bond acceptors (Lipinski definition) is 3. The molecule has 3 N–H and O–H groups in total. The molecule has 2 rings (SSSR count). The van der Waals surface area contributed by atoms with E-state index in [2.05, 4.69) is 10.3 Å². The molecule has 1 aliphatic rings. The number of carbonyl (C=O) groups is 1. The van der Waals surface area contributed by atoms with Gasteiger partial charge in [-0.25, -0.2) is 4.79 Å². The number of nitrogens with zero attached hydrogens (tertiary/aromatic N) is 2. The molecule has 0 spiro atoms. The number of amides is 2. The molecule has 2 amide bonds. The van der Waals surface area contributed by atoms with Crippen molar-refractivity contribution in [3.8, 4) is 0 Å². The van der Waals surface area contributed by atoms with Gasteiger partial charge < -0.3 is 11.1 Å². The van der Waals surface area contributed by atoms with Gasteiger partial charge in [-0.3, -0.25) is 9.89 Å². The maximum atomic E-state index is 12.5. The van der Waals surface area contributed by atoms with E-state index in [0.29, 0.717) is 13.1 Å². The average Bonchev–Trinajstić information content (AvgIpc) is 2.75. The molecule has 1 aromatic rings. The van der Waals surface area contributed by atoms with Crippen molar-refractivity contribution >= 4 is 30.1 Å². The average molecular weight is 309 g/mol. The summed E-state index contributed by atoms with van der Waals surface area (Å²) in [5, 5.41) is 2.35. The minimum absolute atomic E-state index is 0. The SMILES string of the molecule is Cl.NC1=NCCN1C(=O)Nc1cccc(C(F)(F)F)c1. The van der Waals surface area contributed by atoms with Gasteiger partial charge in [0.25, 0.3) is 0 Å². The molecule has 0 saturated heterocycles. The van der Waals surface area contributed by atoms with Gasteiger partial charge in [0.1, 0.15) is 0 Å². The van der Waals surface area contributed by atoms with Crippen molar-refractivity contribution in [1.82, 2.24) is 4.90 Å². The van der Waals surface area contributed by atoms with E-state index in [9.17, 15) is 18.0 Å². The quantitative estimate of drug-likeness (QED) is 0.835. The molecule has 0 unspecified atom stereocenters. The highest BCUT2D eigenvalue weighted by atomic mass is 35.5.